The smallest absolute Gasteiger partial charge is 0.114 e. The maximum absolute atomic E-state index is 6.04. The van der Waals surface area contributed by atoms with Gasteiger partial charge >= 0.3 is 0 Å². The highest BCUT2D eigenvalue weighted by molar-refractivity contribution is 7.20. The normalized spacial score (nSPS) is 10.5. The summed E-state index contributed by atoms with van der Waals surface area (Å²) in [6.07, 6.45) is 0. The molecule has 0 fully saturated rings. The van der Waals surface area contributed by atoms with E-state index in [1.54, 1.807) is 0 Å². The van der Waals surface area contributed by atoms with Gasteiger partial charge in [0.1, 0.15) is 4.34 Å². The molecule has 0 spiro atoms. The summed E-state index contributed by atoms with van der Waals surface area (Å²) < 4.78 is 0.538. The third kappa shape index (κ3) is 1.78. The van der Waals surface area contributed by atoms with Crippen LogP contribution in [0.2, 0.25) is 14.4 Å². The van der Waals surface area contributed by atoms with Crippen molar-refractivity contribution in [2.24, 2.45) is 0 Å². The SMILES string of the molecule is Clc1sc(-c2ccccc2)c(Cl)c1Cl. The second kappa shape index (κ2) is 4.11. The van der Waals surface area contributed by atoms with Gasteiger partial charge in [0, 0.05) is 0 Å². The van der Waals surface area contributed by atoms with Crippen LogP contribution >= 0.6 is 46.1 Å². The molecule has 0 amide bonds. The van der Waals surface area contributed by atoms with Crippen molar-refractivity contribution < 1.29 is 0 Å². The van der Waals surface area contributed by atoms with Crippen molar-refractivity contribution >= 4 is 46.1 Å². The van der Waals surface area contributed by atoms with Crippen molar-refractivity contribution in [3.63, 3.8) is 0 Å². The first-order valence-corrected chi connectivity index (χ1v) is 5.84. The minimum absolute atomic E-state index is 0.442. The summed E-state index contributed by atoms with van der Waals surface area (Å²) in [4.78, 5) is 0.919. The zero-order valence-corrected chi connectivity index (χ0v) is 10.0. The monoisotopic (exact) mass is 262 g/mol. The van der Waals surface area contributed by atoms with Gasteiger partial charge in [-0.3, -0.25) is 0 Å². The second-order valence-electron chi connectivity index (χ2n) is 2.70. The lowest BCUT2D eigenvalue weighted by molar-refractivity contribution is 1.70. The molecular weight excluding hydrogens is 259 g/mol. The first-order chi connectivity index (χ1) is 6.70. The van der Waals surface area contributed by atoms with E-state index in [2.05, 4.69) is 0 Å². The van der Waals surface area contributed by atoms with E-state index in [1.807, 2.05) is 30.3 Å². The van der Waals surface area contributed by atoms with Crippen LogP contribution in [0, 0.1) is 0 Å². The Balaban J connectivity index is 2.58. The molecular formula is C10H5Cl3S. The molecule has 0 unspecified atom stereocenters. The predicted octanol–water partition coefficient (Wildman–Crippen LogP) is 5.38. The molecule has 0 saturated carbocycles. The van der Waals surface area contributed by atoms with Crippen LogP contribution in [-0.4, -0.2) is 0 Å². The van der Waals surface area contributed by atoms with Gasteiger partial charge in [-0.15, -0.1) is 11.3 Å². The summed E-state index contributed by atoms with van der Waals surface area (Å²) >= 11 is 19.2. The maximum atomic E-state index is 6.04. The Morgan fingerprint density at radius 1 is 0.857 bits per heavy atom. The molecule has 4 heteroatoms. The number of thiophene rings is 1. The molecule has 72 valence electrons. The highest BCUT2D eigenvalue weighted by Crippen LogP contribution is 2.45. The van der Waals surface area contributed by atoms with Crippen molar-refractivity contribution in [1.82, 2.24) is 0 Å². The van der Waals surface area contributed by atoms with Crippen LogP contribution in [-0.2, 0) is 0 Å². The number of benzene rings is 1. The molecule has 0 N–H and O–H groups in total. The van der Waals surface area contributed by atoms with Crippen molar-refractivity contribution in [3.8, 4) is 10.4 Å². The Morgan fingerprint density at radius 3 is 2.00 bits per heavy atom. The van der Waals surface area contributed by atoms with Gasteiger partial charge < -0.3 is 0 Å². The van der Waals surface area contributed by atoms with E-state index in [0.717, 1.165) is 10.4 Å². The zero-order chi connectivity index (χ0) is 10.1. The Hall–Kier alpha value is -0.210. The first-order valence-electron chi connectivity index (χ1n) is 3.89. The third-order valence-electron chi connectivity index (χ3n) is 1.79. The molecule has 2 aromatic rings. The average molecular weight is 264 g/mol. The van der Waals surface area contributed by atoms with Gasteiger partial charge in [0.25, 0.3) is 0 Å². The van der Waals surface area contributed by atoms with Gasteiger partial charge in [0.15, 0.2) is 0 Å². The molecule has 0 atom stereocenters. The van der Waals surface area contributed by atoms with Gasteiger partial charge in [0.05, 0.1) is 14.9 Å². The van der Waals surface area contributed by atoms with Gasteiger partial charge in [-0.25, -0.2) is 0 Å². The average Bonchev–Trinajstić information content (AvgIpc) is 2.47. The van der Waals surface area contributed by atoms with Gasteiger partial charge in [-0.05, 0) is 5.56 Å². The summed E-state index contributed by atoms with van der Waals surface area (Å²) in [6, 6.07) is 9.81. The summed E-state index contributed by atoms with van der Waals surface area (Å²) in [5, 5.41) is 0.977. The lowest BCUT2D eigenvalue weighted by Crippen LogP contribution is -1.70. The predicted molar refractivity (Wildman–Crippen MR) is 64.8 cm³/mol. The molecule has 0 bridgehead atoms. The fraction of sp³-hybridized carbons (Fsp3) is 0. The molecule has 0 nitrogen and oxygen atoms in total. The topological polar surface area (TPSA) is 0 Å². The van der Waals surface area contributed by atoms with Crippen molar-refractivity contribution in [2.75, 3.05) is 0 Å². The van der Waals surface area contributed by atoms with E-state index < -0.39 is 0 Å². The van der Waals surface area contributed by atoms with Crippen molar-refractivity contribution in [3.05, 3.63) is 44.7 Å². The van der Waals surface area contributed by atoms with E-state index >= 15 is 0 Å². The summed E-state index contributed by atoms with van der Waals surface area (Å²) in [5.41, 5.74) is 1.04. The summed E-state index contributed by atoms with van der Waals surface area (Å²) in [5.74, 6) is 0. The van der Waals surface area contributed by atoms with Crippen LogP contribution in [0.25, 0.3) is 10.4 Å². The molecule has 14 heavy (non-hydrogen) atoms. The quantitative estimate of drug-likeness (QED) is 0.648. The van der Waals surface area contributed by atoms with Gasteiger partial charge in [-0.1, -0.05) is 65.1 Å². The Kier molecular flexibility index (Phi) is 3.03. The largest absolute Gasteiger partial charge is 0.120 e. The Labute approximate surface area is 101 Å². The second-order valence-corrected chi connectivity index (χ2v) is 5.08. The standard InChI is InChI=1S/C10H5Cl3S/c11-7-8(12)10(13)14-9(7)6-4-2-1-3-5-6/h1-5H. The molecule has 0 radical (unpaired) electrons. The Morgan fingerprint density at radius 2 is 1.50 bits per heavy atom. The minimum atomic E-state index is 0.442. The van der Waals surface area contributed by atoms with Crippen LogP contribution in [0.5, 0.6) is 0 Å². The minimum Gasteiger partial charge on any atom is -0.120 e. The zero-order valence-electron chi connectivity index (χ0n) is 6.93. The highest BCUT2D eigenvalue weighted by atomic mass is 35.5. The summed E-state index contributed by atoms with van der Waals surface area (Å²) in [6.45, 7) is 0. The van der Waals surface area contributed by atoms with E-state index in [0.29, 0.717) is 14.4 Å². The lowest BCUT2D eigenvalue weighted by Gasteiger charge is -1.96. The molecule has 1 heterocycles. The molecule has 0 saturated heterocycles. The number of rotatable bonds is 1. The fourth-order valence-electron chi connectivity index (χ4n) is 1.14. The molecule has 0 aliphatic heterocycles. The number of halogens is 3. The number of hydrogen-bond donors (Lipinski definition) is 0. The van der Waals surface area contributed by atoms with Crippen LogP contribution in [0.3, 0.4) is 0 Å². The van der Waals surface area contributed by atoms with Gasteiger partial charge in [0.2, 0.25) is 0 Å². The lowest BCUT2D eigenvalue weighted by atomic mass is 10.2. The number of hydrogen-bond acceptors (Lipinski definition) is 1. The van der Waals surface area contributed by atoms with Crippen molar-refractivity contribution in [1.29, 1.82) is 0 Å². The third-order valence-corrected chi connectivity index (χ3v) is 4.41. The summed E-state index contributed by atoms with van der Waals surface area (Å²) in [7, 11) is 0. The Bertz CT molecular complexity index is 448. The van der Waals surface area contributed by atoms with Crippen LogP contribution in [0.4, 0.5) is 0 Å². The maximum Gasteiger partial charge on any atom is 0.114 e. The van der Waals surface area contributed by atoms with Gasteiger partial charge in [-0.2, -0.15) is 0 Å². The molecule has 0 aliphatic carbocycles. The fourth-order valence-corrected chi connectivity index (χ4v) is 2.97. The first kappa shape index (κ1) is 10.3. The van der Waals surface area contributed by atoms with E-state index in [4.69, 9.17) is 34.8 Å². The highest BCUT2D eigenvalue weighted by Gasteiger charge is 2.14. The molecule has 0 aliphatic rings. The molecule has 2 rings (SSSR count). The molecule has 1 aromatic carbocycles. The van der Waals surface area contributed by atoms with E-state index in [1.165, 1.54) is 11.3 Å². The van der Waals surface area contributed by atoms with E-state index in [9.17, 15) is 0 Å². The van der Waals surface area contributed by atoms with Crippen molar-refractivity contribution in [2.45, 2.75) is 0 Å². The van der Waals surface area contributed by atoms with Crippen LogP contribution in [0.1, 0.15) is 0 Å². The van der Waals surface area contributed by atoms with E-state index in [-0.39, 0.29) is 0 Å². The van der Waals surface area contributed by atoms with Crippen LogP contribution < -0.4 is 0 Å². The van der Waals surface area contributed by atoms with Crippen LogP contribution in [0.15, 0.2) is 30.3 Å². The molecule has 1 aromatic heterocycles.